The molecule has 0 bridgehead atoms. The highest BCUT2D eigenvalue weighted by Crippen LogP contribution is 2.28. The Morgan fingerprint density at radius 3 is 2.94 bits per heavy atom. The molecular weight excluding hydrogens is 226 g/mol. The van der Waals surface area contributed by atoms with E-state index in [1.807, 2.05) is 12.1 Å². The van der Waals surface area contributed by atoms with Crippen LogP contribution in [0.25, 0.3) is 0 Å². The van der Waals surface area contributed by atoms with E-state index in [4.69, 9.17) is 9.47 Å². The lowest BCUT2D eigenvalue weighted by atomic mass is 9.97. The molecule has 1 aromatic carbocycles. The quantitative estimate of drug-likeness (QED) is 0.870. The fourth-order valence-corrected chi connectivity index (χ4v) is 2.40. The van der Waals surface area contributed by atoms with Crippen LogP contribution < -0.4 is 14.8 Å². The number of benzene rings is 1. The van der Waals surface area contributed by atoms with Crippen molar-refractivity contribution in [1.82, 2.24) is 5.32 Å². The number of hydrogen-bond donors (Lipinski definition) is 1. The molecule has 0 saturated carbocycles. The monoisotopic (exact) mass is 249 g/mol. The zero-order valence-electron chi connectivity index (χ0n) is 11.4. The highest BCUT2D eigenvalue weighted by atomic mass is 16.5. The molecule has 0 spiro atoms. The van der Waals surface area contributed by atoms with E-state index in [2.05, 4.69) is 18.3 Å². The molecule has 1 aliphatic rings. The smallest absolute Gasteiger partial charge is 0.161 e. The molecule has 1 aromatic rings. The second-order valence-corrected chi connectivity index (χ2v) is 5.00. The van der Waals surface area contributed by atoms with E-state index < -0.39 is 0 Å². The second-order valence-electron chi connectivity index (χ2n) is 5.00. The zero-order valence-corrected chi connectivity index (χ0v) is 11.4. The Morgan fingerprint density at radius 2 is 2.22 bits per heavy atom. The lowest BCUT2D eigenvalue weighted by Gasteiger charge is -2.22. The maximum absolute atomic E-state index is 5.83. The highest BCUT2D eigenvalue weighted by molar-refractivity contribution is 5.42. The molecule has 1 aliphatic heterocycles. The number of rotatable bonds is 5. The first-order chi connectivity index (χ1) is 8.79. The summed E-state index contributed by atoms with van der Waals surface area (Å²) in [5, 5.41) is 3.43. The zero-order chi connectivity index (χ0) is 12.8. The van der Waals surface area contributed by atoms with Crippen LogP contribution in [0.1, 0.15) is 24.8 Å². The number of methoxy groups -OCH3 is 1. The number of hydrogen-bond acceptors (Lipinski definition) is 3. The minimum Gasteiger partial charge on any atom is -0.493 e. The Kier molecular flexibility index (Phi) is 4.88. The van der Waals surface area contributed by atoms with Crippen LogP contribution in [0, 0.1) is 12.8 Å². The van der Waals surface area contributed by atoms with Gasteiger partial charge in [0.05, 0.1) is 13.7 Å². The van der Waals surface area contributed by atoms with Gasteiger partial charge in [0.25, 0.3) is 0 Å². The normalized spacial score (nSPS) is 19.6. The first-order valence-corrected chi connectivity index (χ1v) is 6.78. The van der Waals surface area contributed by atoms with Crippen molar-refractivity contribution < 1.29 is 9.47 Å². The van der Waals surface area contributed by atoms with Gasteiger partial charge in [-0.05, 0) is 62.9 Å². The lowest BCUT2D eigenvalue weighted by molar-refractivity contribution is 0.245. The van der Waals surface area contributed by atoms with Crippen LogP contribution in [-0.2, 0) is 0 Å². The molecule has 3 heteroatoms. The van der Waals surface area contributed by atoms with Crippen LogP contribution in [0.5, 0.6) is 11.5 Å². The van der Waals surface area contributed by atoms with Crippen LogP contribution in [0.2, 0.25) is 0 Å². The molecular formula is C15H23NO2. The maximum Gasteiger partial charge on any atom is 0.161 e. The van der Waals surface area contributed by atoms with Gasteiger partial charge in [-0.3, -0.25) is 0 Å². The second kappa shape index (κ2) is 6.64. The molecule has 0 aliphatic carbocycles. The van der Waals surface area contributed by atoms with Crippen molar-refractivity contribution in [1.29, 1.82) is 0 Å². The van der Waals surface area contributed by atoms with E-state index in [0.717, 1.165) is 37.0 Å². The Hall–Kier alpha value is -1.22. The third-order valence-electron chi connectivity index (χ3n) is 3.50. The van der Waals surface area contributed by atoms with Crippen molar-refractivity contribution in [3.63, 3.8) is 0 Å². The van der Waals surface area contributed by atoms with Gasteiger partial charge in [-0.15, -0.1) is 0 Å². The SMILES string of the molecule is COc1cc(C)ccc1OCC[C@@H]1CCCNC1. The van der Waals surface area contributed by atoms with E-state index in [1.54, 1.807) is 7.11 Å². The molecule has 1 N–H and O–H groups in total. The number of ether oxygens (including phenoxy) is 2. The third kappa shape index (κ3) is 3.64. The molecule has 1 heterocycles. The summed E-state index contributed by atoms with van der Waals surface area (Å²) < 4.78 is 11.2. The minimum absolute atomic E-state index is 0.759. The van der Waals surface area contributed by atoms with Crippen molar-refractivity contribution in [3.8, 4) is 11.5 Å². The first kappa shape index (κ1) is 13.2. The molecule has 3 nitrogen and oxygen atoms in total. The lowest BCUT2D eigenvalue weighted by Crippen LogP contribution is -2.30. The molecule has 0 amide bonds. The molecule has 0 aromatic heterocycles. The van der Waals surface area contributed by atoms with Crippen molar-refractivity contribution in [3.05, 3.63) is 23.8 Å². The number of piperidine rings is 1. The fraction of sp³-hybridized carbons (Fsp3) is 0.600. The van der Waals surface area contributed by atoms with Gasteiger partial charge < -0.3 is 14.8 Å². The van der Waals surface area contributed by atoms with Crippen molar-refractivity contribution in [2.75, 3.05) is 26.8 Å². The van der Waals surface area contributed by atoms with Gasteiger partial charge in [0.1, 0.15) is 0 Å². The fourth-order valence-electron chi connectivity index (χ4n) is 2.40. The standard InChI is InChI=1S/C15H23NO2/c1-12-5-6-14(15(10-12)17-2)18-9-7-13-4-3-8-16-11-13/h5-6,10,13,16H,3-4,7-9,11H2,1-2H3/t13-/m0/s1. The average molecular weight is 249 g/mol. The highest BCUT2D eigenvalue weighted by Gasteiger charge is 2.13. The van der Waals surface area contributed by atoms with Gasteiger partial charge in [-0.1, -0.05) is 6.07 Å². The van der Waals surface area contributed by atoms with Gasteiger partial charge in [0.2, 0.25) is 0 Å². The van der Waals surface area contributed by atoms with E-state index in [-0.39, 0.29) is 0 Å². The Balaban J connectivity index is 1.82. The van der Waals surface area contributed by atoms with Gasteiger partial charge in [0, 0.05) is 0 Å². The topological polar surface area (TPSA) is 30.5 Å². The van der Waals surface area contributed by atoms with Gasteiger partial charge >= 0.3 is 0 Å². The number of aryl methyl sites for hydroxylation is 1. The van der Waals surface area contributed by atoms with Crippen LogP contribution in [-0.4, -0.2) is 26.8 Å². The van der Waals surface area contributed by atoms with Crippen LogP contribution in [0.4, 0.5) is 0 Å². The summed E-state index contributed by atoms with van der Waals surface area (Å²) in [5.74, 6) is 2.44. The molecule has 1 atom stereocenters. The van der Waals surface area contributed by atoms with Crippen LogP contribution >= 0.6 is 0 Å². The first-order valence-electron chi connectivity index (χ1n) is 6.78. The molecule has 2 rings (SSSR count). The van der Waals surface area contributed by atoms with E-state index in [9.17, 15) is 0 Å². The summed E-state index contributed by atoms with van der Waals surface area (Å²) >= 11 is 0. The van der Waals surface area contributed by atoms with Crippen molar-refractivity contribution >= 4 is 0 Å². The van der Waals surface area contributed by atoms with Crippen LogP contribution in [0.3, 0.4) is 0 Å². The molecule has 100 valence electrons. The van der Waals surface area contributed by atoms with Crippen molar-refractivity contribution in [2.24, 2.45) is 5.92 Å². The summed E-state index contributed by atoms with van der Waals surface area (Å²) in [6, 6.07) is 6.06. The predicted octanol–water partition coefficient (Wildman–Crippen LogP) is 2.77. The Morgan fingerprint density at radius 1 is 1.33 bits per heavy atom. The Labute approximate surface area is 109 Å². The summed E-state index contributed by atoms with van der Waals surface area (Å²) in [5.41, 5.74) is 1.19. The van der Waals surface area contributed by atoms with Gasteiger partial charge in [-0.25, -0.2) is 0 Å². The molecule has 1 saturated heterocycles. The van der Waals surface area contributed by atoms with Gasteiger partial charge in [0.15, 0.2) is 11.5 Å². The molecule has 18 heavy (non-hydrogen) atoms. The van der Waals surface area contributed by atoms with E-state index in [1.165, 1.54) is 24.9 Å². The Bertz CT molecular complexity index is 373. The summed E-state index contributed by atoms with van der Waals surface area (Å²) in [6.07, 6.45) is 3.73. The number of nitrogens with one attached hydrogen (secondary N) is 1. The van der Waals surface area contributed by atoms with Gasteiger partial charge in [-0.2, -0.15) is 0 Å². The largest absolute Gasteiger partial charge is 0.493 e. The maximum atomic E-state index is 5.83. The predicted molar refractivity (Wildman–Crippen MR) is 73.4 cm³/mol. The summed E-state index contributed by atoms with van der Waals surface area (Å²) in [4.78, 5) is 0. The van der Waals surface area contributed by atoms with E-state index in [0.29, 0.717) is 0 Å². The van der Waals surface area contributed by atoms with Crippen molar-refractivity contribution in [2.45, 2.75) is 26.2 Å². The summed E-state index contributed by atoms with van der Waals surface area (Å²) in [6.45, 7) is 5.13. The average Bonchev–Trinajstić information content (AvgIpc) is 2.41. The summed E-state index contributed by atoms with van der Waals surface area (Å²) in [7, 11) is 1.69. The van der Waals surface area contributed by atoms with Crippen LogP contribution in [0.15, 0.2) is 18.2 Å². The van der Waals surface area contributed by atoms with E-state index >= 15 is 0 Å². The molecule has 0 unspecified atom stereocenters. The molecule has 0 radical (unpaired) electrons. The minimum atomic E-state index is 0.759. The third-order valence-corrected chi connectivity index (χ3v) is 3.50. The molecule has 1 fully saturated rings.